The van der Waals surface area contributed by atoms with E-state index in [1.54, 1.807) is 18.4 Å². The third kappa shape index (κ3) is 2.33. The molecule has 0 saturated carbocycles. The van der Waals surface area contributed by atoms with Crippen LogP contribution in [-0.4, -0.2) is 12.1 Å². The highest BCUT2D eigenvalue weighted by Crippen LogP contribution is 2.34. The minimum Gasteiger partial charge on any atom is -0.496 e. The van der Waals surface area contributed by atoms with Gasteiger partial charge in [0.15, 0.2) is 0 Å². The molecule has 0 saturated heterocycles. The first-order valence-corrected chi connectivity index (χ1v) is 6.33. The molecule has 2 N–H and O–H groups in total. The van der Waals surface area contributed by atoms with Crippen molar-refractivity contribution in [2.24, 2.45) is 5.73 Å². The summed E-state index contributed by atoms with van der Waals surface area (Å²) in [7, 11) is 1.69. The fourth-order valence-electron chi connectivity index (χ4n) is 1.94. The molecule has 0 bridgehead atoms. The number of nitrogens with two attached hydrogens (primary N) is 1. The van der Waals surface area contributed by atoms with E-state index in [9.17, 15) is 0 Å². The largest absolute Gasteiger partial charge is 0.496 e. The van der Waals surface area contributed by atoms with E-state index in [1.807, 2.05) is 12.3 Å². The molecular weight excluding hydrogens is 232 g/mol. The van der Waals surface area contributed by atoms with E-state index in [0.717, 1.165) is 27.6 Å². The number of benzene rings is 1. The van der Waals surface area contributed by atoms with Crippen LogP contribution in [0.3, 0.4) is 0 Å². The zero-order chi connectivity index (χ0) is 12.4. The molecule has 0 aliphatic rings. The summed E-state index contributed by atoms with van der Waals surface area (Å²) < 4.78 is 5.46. The van der Waals surface area contributed by atoms with E-state index in [0.29, 0.717) is 6.54 Å². The fraction of sp³-hybridized carbons (Fsp3) is 0.308. The van der Waals surface area contributed by atoms with E-state index in [1.165, 1.54) is 5.56 Å². The van der Waals surface area contributed by atoms with Crippen LogP contribution in [0.15, 0.2) is 17.5 Å². The van der Waals surface area contributed by atoms with E-state index >= 15 is 0 Å². The first kappa shape index (κ1) is 12.1. The number of thiazole rings is 1. The molecule has 0 amide bonds. The number of aryl methyl sites for hydroxylation is 2. The Morgan fingerprint density at radius 2 is 2.12 bits per heavy atom. The fourth-order valence-corrected chi connectivity index (χ4v) is 2.62. The Morgan fingerprint density at radius 3 is 2.71 bits per heavy atom. The predicted octanol–water partition coefficient (Wildman–Crippen LogP) is 2.89. The second-order valence-electron chi connectivity index (χ2n) is 3.99. The summed E-state index contributed by atoms with van der Waals surface area (Å²) in [4.78, 5) is 4.50. The summed E-state index contributed by atoms with van der Waals surface area (Å²) in [6, 6.07) is 4.21. The number of hydrogen-bond acceptors (Lipinski definition) is 4. The predicted molar refractivity (Wildman–Crippen MR) is 71.5 cm³/mol. The molecular formula is C13H16N2OS. The van der Waals surface area contributed by atoms with Crippen molar-refractivity contribution in [1.29, 1.82) is 0 Å². The number of aromatic nitrogens is 1. The zero-order valence-corrected chi connectivity index (χ0v) is 11.1. The summed E-state index contributed by atoms with van der Waals surface area (Å²) in [5.74, 6) is 0.893. The van der Waals surface area contributed by atoms with Gasteiger partial charge in [-0.1, -0.05) is 6.07 Å². The first-order valence-electron chi connectivity index (χ1n) is 5.45. The Morgan fingerprint density at radius 1 is 1.35 bits per heavy atom. The van der Waals surface area contributed by atoms with Gasteiger partial charge in [-0.3, -0.25) is 0 Å². The topological polar surface area (TPSA) is 48.1 Å². The molecule has 90 valence electrons. The Hall–Kier alpha value is -1.39. The van der Waals surface area contributed by atoms with Gasteiger partial charge < -0.3 is 10.5 Å². The van der Waals surface area contributed by atoms with Crippen molar-refractivity contribution in [2.45, 2.75) is 20.4 Å². The smallest absolute Gasteiger partial charge is 0.131 e. The van der Waals surface area contributed by atoms with E-state index in [2.05, 4.69) is 24.0 Å². The normalized spacial score (nSPS) is 10.6. The maximum absolute atomic E-state index is 5.59. The lowest BCUT2D eigenvalue weighted by molar-refractivity contribution is 0.413. The quantitative estimate of drug-likeness (QED) is 0.908. The lowest BCUT2D eigenvalue weighted by atomic mass is 10.0. The maximum Gasteiger partial charge on any atom is 0.131 e. The van der Waals surface area contributed by atoms with Crippen molar-refractivity contribution in [2.75, 3.05) is 7.11 Å². The number of nitrogens with zero attached hydrogens (tertiary/aromatic N) is 1. The Labute approximate surface area is 105 Å². The molecule has 0 atom stereocenters. The SMILES string of the molecule is COc1c(C)cc(C)cc1-c1csc(CN)n1. The molecule has 17 heavy (non-hydrogen) atoms. The number of hydrogen-bond donors (Lipinski definition) is 1. The molecule has 0 spiro atoms. The molecule has 1 aromatic carbocycles. The van der Waals surface area contributed by atoms with Gasteiger partial charge in [0.05, 0.1) is 12.8 Å². The van der Waals surface area contributed by atoms with Crippen LogP contribution in [0.4, 0.5) is 0 Å². The van der Waals surface area contributed by atoms with E-state index < -0.39 is 0 Å². The third-order valence-electron chi connectivity index (χ3n) is 2.63. The second-order valence-corrected chi connectivity index (χ2v) is 4.94. The van der Waals surface area contributed by atoms with Crippen LogP contribution in [-0.2, 0) is 6.54 Å². The summed E-state index contributed by atoms with van der Waals surface area (Å²) in [5, 5.41) is 2.97. The summed E-state index contributed by atoms with van der Waals surface area (Å²) in [5.41, 5.74) is 9.91. The Balaban J connectivity index is 2.57. The van der Waals surface area contributed by atoms with E-state index in [-0.39, 0.29) is 0 Å². The van der Waals surface area contributed by atoms with Crippen molar-refractivity contribution in [3.63, 3.8) is 0 Å². The van der Waals surface area contributed by atoms with Crippen molar-refractivity contribution in [3.05, 3.63) is 33.6 Å². The van der Waals surface area contributed by atoms with Gasteiger partial charge in [0.1, 0.15) is 10.8 Å². The molecule has 4 heteroatoms. The van der Waals surface area contributed by atoms with Crippen molar-refractivity contribution < 1.29 is 4.74 Å². The molecule has 0 aliphatic carbocycles. The van der Waals surface area contributed by atoms with Gasteiger partial charge in [0.2, 0.25) is 0 Å². The standard InChI is InChI=1S/C13H16N2OS/c1-8-4-9(2)13(16-3)10(5-8)11-7-17-12(6-14)15-11/h4-5,7H,6,14H2,1-3H3. The van der Waals surface area contributed by atoms with Crippen LogP contribution >= 0.6 is 11.3 Å². The number of ether oxygens (including phenoxy) is 1. The summed E-state index contributed by atoms with van der Waals surface area (Å²) in [6.45, 7) is 4.61. The lowest BCUT2D eigenvalue weighted by Crippen LogP contribution is -1.96. The van der Waals surface area contributed by atoms with Gasteiger partial charge >= 0.3 is 0 Å². The van der Waals surface area contributed by atoms with Crippen molar-refractivity contribution in [3.8, 4) is 17.0 Å². The molecule has 2 aromatic rings. The van der Waals surface area contributed by atoms with Gasteiger partial charge in [-0.15, -0.1) is 11.3 Å². The molecule has 0 radical (unpaired) electrons. The average molecular weight is 248 g/mol. The Bertz CT molecular complexity index is 534. The molecule has 0 unspecified atom stereocenters. The van der Waals surface area contributed by atoms with Crippen molar-refractivity contribution in [1.82, 2.24) is 4.98 Å². The molecule has 2 rings (SSSR count). The van der Waals surface area contributed by atoms with Crippen LogP contribution < -0.4 is 10.5 Å². The highest BCUT2D eigenvalue weighted by molar-refractivity contribution is 7.09. The van der Waals surface area contributed by atoms with Crippen LogP contribution in [0.2, 0.25) is 0 Å². The number of rotatable bonds is 3. The monoisotopic (exact) mass is 248 g/mol. The zero-order valence-electron chi connectivity index (χ0n) is 10.3. The van der Waals surface area contributed by atoms with Crippen LogP contribution in [0.25, 0.3) is 11.3 Å². The minimum atomic E-state index is 0.484. The van der Waals surface area contributed by atoms with Crippen LogP contribution in [0.1, 0.15) is 16.1 Å². The minimum absolute atomic E-state index is 0.484. The first-order chi connectivity index (χ1) is 8.15. The van der Waals surface area contributed by atoms with Gasteiger partial charge in [-0.05, 0) is 31.0 Å². The second kappa shape index (κ2) is 4.85. The van der Waals surface area contributed by atoms with Gasteiger partial charge in [0.25, 0.3) is 0 Å². The van der Waals surface area contributed by atoms with Crippen LogP contribution in [0.5, 0.6) is 5.75 Å². The summed E-state index contributed by atoms with van der Waals surface area (Å²) in [6.07, 6.45) is 0. The van der Waals surface area contributed by atoms with E-state index in [4.69, 9.17) is 10.5 Å². The molecule has 0 aliphatic heterocycles. The van der Waals surface area contributed by atoms with Crippen molar-refractivity contribution >= 4 is 11.3 Å². The molecule has 3 nitrogen and oxygen atoms in total. The highest BCUT2D eigenvalue weighted by Gasteiger charge is 2.12. The highest BCUT2D eigenvalue weighted by atomic mass is 32.1. The molecule has 1 aromatic heterocycles. The average Bonchev–Trinajstić information content (AvgIpc) is 2.76. The van der Waals surface area contributed by atoms with Gasteiger partial charge in [-0.25, -0.2) is 4.98 Å². The number of methoxy groups -OCH3 is 1. The molecule has 1 heterocycles. The maximum atomic E-state index is 5.59. The van der Waals surface area contributed by atoms with Crippen LogP contribution in [0, 0.1) is 13.8 Å². The van der Waals surface area contributed by atoms with Gasteiger partial charge in [-0.2, -0.15) is 0 Å². The summed E-state index contributed by atoms with van der Waals surface area (Å²) >= 11 is 1.58. The Kier molecular flexibility index (Phi) is 3.45. The lowest BCUT2D eigenvalue weighted by Gasteiger charge is -2.11. The third-order valence-corrected chi connectivity index (χ3v) is 3.50. The molecule has 0 fully saturated rings. The van der Waals surface area contributed by atoms with Gasteiger partial charge in [0, 0.05) is 17.5 Å².